The molecule has 6 heteroatoms. The summed E-state index contributed by atoms with van der Waals surface area (Å²) in [5.74, 6) is 0.384. The maximum Gasteiger partial charge on any atom is 0.243 e. The number of ether oxygens (including phenoxy) is 1. The van der Waals surface area contributed by atoms with Gasteiger partial charge in [0.2, 0.25) is 11.8 Å². The highest BCUT2D eigenvalue weighted by atomic mass is 35.5. The Hall–Kier alpha value is -1.23. The van der Waals surface area contributed by atoms with Crippen molar-refractivity contribution in [3.05, 3.63) is 11.3 Å². The summed E-state index contributed by atoms with van der Waals surface area (Å²) in [6.07, 6.45) is 5.68. The van der Waals surface area contributed by atoms with Crippen LogP contribution < -0.4 is 10.1 Å². The van der Waals surface area contributed by atoms with Gasteiger partial charge in [0.25, 0.3) is 0 Å². The second kappa shape index (κ2) is 6.48. The number of carbonyl (C=O) groups excluding carboxylic acids is 1. The molecule has 112 valence electrons. The summed E-state index contributed by atoms with van der Waals surface area (Å²) in [4.78, 5) is 12.3. The van der Waals surface area contributed by atoms with Gasteiger partial charge in [-0.1, -0.05) is 19.3 Å². The van der Waals surface area contributed by atoms with E-state index in [1.54, 1.807) is 18.8 Å². The van der Waals surface area contributed by atoms with E-state index in [1.807, 2.05) is 6.92 Å². The van der Waals surface area contributed by atoms with Crippen molar-refractivity contribution in [2.45, 2.75) is 50.4 Å². The summed E-state index contributed by atoms with van der Waals surface area (Å²) in [5, 5.41) is 6.54. The molecule has 5 nitrogen and oxygen atoms in total. The zero-order valence-corrected chi connectivity index (χ0v) is 13.0. The molecule has 1 saturated carbocycles. The van der Waals surface area contributed by atoms with Crippen LogP contribution in [0.25, 0.3) is 0 Å². The summed E-state index contributed by atoms with van der Waals surface area (Å²) in [6, 6.07) is 0.250. The van der Waals surface area contributed by atoms with E-state index in [2.05, 4.69) is 10.4 Å². The molecule has 1 amide bonds. The standard InChI is InChI=1S/C14H22ClN3O2/c1-9-11(14(20-3)18(2)17-9)12(15)13(19)16-10-7-5-4-6-8-10/h10,12H,4-8H2,1-3H3,(H,16,19). The molecule has 0 saturated heterocycles. The Balaban J connectivity index is 2.10. The number of nitrogens with one attached hydrogen (secondary N) is 1. The predicted octanol–water partition coefficient (Wildman–Crippen LogP) is 2.47. The number of aromatic nitrogens is 2. The fourth-order valence-corrected chi connectivity index (χ4v) is 3.15. The Labute approximate surface area is 124 Å². The maximum absolute atomic E-state index is 12.3. The van der Waals surface area contributed by atoms with Crippen molar-refractivity contribution in [3.8, 4) is 5.88 Å². The minimum Gasteiger partial charge on any atom is -0.481 e. The maximum atomic E-state index is 12.3. The molecule has 1 N–H and O–H groups in total. The topological polar surface area (TPSA) is 56.1 Å². The highest BCUT2D eigenvalue weighted by Crippen LogP contribution is 2.32. The van der Waals surface area contributed by atoms with Gasteiger partial charge in [0.1, 0.15) is 5.38 Å². The first-order valence-corrected chi connectivity index (χ1v) is 7.50. The van der Waals surface area contributed by atoms with Crippen LogP contribution in [-0.4, -0.2) is 28.8 Å². The molecule has 1 fully saturated rings. The summed E-state index contributed by atoms with van der Waals surface area (Å²) in [6.45, 7) is 1.83. The SMILES string of the molecule is COc1c(C(Cl)C(=O)NC2CCCCC2)c(C)nn1C. The van der Waals surface area contributed by atoms with Gasteiger partial charge in [-0.2, -0.15) is 5.10 Å². The molecule has 1 heterocycles. The van der Waals surface area contributed by atoms with Gasteiger partial charge in [-0.25, -0.2) is 4.68 Å². The lowest BCUT2D eigenvalue weighted by atomic mass is 9.95. The number of carbonyl (C=O) groups is 1. The zero-order valence-electron chi connectivity index (χ0n) is 12.3. The number of rotatable bonds is 4. The van der Waals surface area contributed by atoms with Crippen LogP contribution in [-0.2, 0) is 11.8 Å². The minimum atomic E-state index is -0.763. The Morgan fingerprint density at radius 2 is 2.10 bits per heavy atom. The second-order valence-corrected chi connectivity index (χ2v) is 5.77. The Bertz CT molecular complexity index is 481. The van der Waals surface area contributed by atoms with Crippen LogP contribution in [0.15, 0.2) is 0 Å². The average Bonchev–Trinajstić information content (AvgIpc) is 2.72. The molecule has 1 aromatic rings. The number of hydrogen-bond donors (Lipinski definition) is 1. The lowest BCUT2D eigenvalue weighted by Gasteiger charge is -2.24. The van der Waals surface area contributed by atoms with Gasteiger partial charge in [-0.15, -0.1) is 11.6 Å². The highest BCUT2D eigenvalue weighted by molar-refractivity contribution is 6.31. The molecule has 0 aromatic carbocycles. The Morgan fingerprint density at radius 3 is 2.70 bits per heavy atom. The van der Waals surface area contributed by atoms with Crippen LogP contribution >= 0.6 is 11.6 Å². The summed E-state index contributed by atoms with van der Waals surface area (Å²) in [7, 11) is 3.33. The van der Waals surface area contributed by atoms with Gasteiger partial charge in [-0.05, 0) is 19.8 Å². The Morgan fingerprint density at radius 1 is 1.45 bits per heavy atom. The number of amides is 1. The molecule has 0 radical (unpaired) electrons. The molecule has 1 aliphatic rings. The van der Waals surface area contributed by atoms with Crippen molar-refractivity contribution in [2.75, 3.05) is 7.11 Å². The third kappa shape index (κ3) is 3.08. The van der Waals surface area contributed by atoms with Crippen LogP contribution in [0.1, 0.15) is 48.7 Å². The monoisotopic (exact) mass is 299 g/mol. The van der Waals surface area contributed by atoms with Crippen molar-refractivity contribution < 1.29 is 9.53 Å². The van der Waals surface area contributed by atoms with E-state index in [-0.39, 0.29) is 11.9 Å². The Kier molecular flexibility index (Phi) is 4.91. The van der Waals surface area contributed by atoms with Crippen molar-refractivity contribution in [2.24, 2.45) is 7.05 Å². The zero-order chi connectivity index (χ0) is 14.7. The van der Waals surface area contributed by atoms with E-state index >= 15 is 0 Å². The van der Waals surface area contributed by atoms with Gasteiger partial charge in [0.05, 0.1) is 18.4 Å². The number of alkyl halides is 1. The van der Waals surface area contributed by atoms with Gasteiger partial charge < -0.3 is 10.1 Å². The van der Waals surface area contributed by atoms with Crippen LogP contribution in [0.5, 0.6) is 5.88 Å². The van der Waals surface area contributed by atoms with E-state index in [4.69, 9.17) is 16.3 Å². The van der Waals surface area contributed by atoms with Crippen LogP contribution in [0.3, 0.4) is 0 Å². The van der Waals surface area contributed by atoms with Crippen LogP contribution in [0.4, 0.5) is 0 Å². The van der Waals surface area contributed by atoms with Crippen molar-refractivity contribution >= 4 is 17.5 Å². The van der Waals surface area contributed by atoms with Gasteiger partial charge in [-0.3, -0.25) is 4.79 Å². The highest BCUT2D eigenvalue weighted by Gasteiger charge is 2.29. The molecule has 0 spiro atoms. The number of hydrogen-bond acceptors (Lipinski definition) is 3. The van der Waals surface area contributed by atoms with Crippen molar-refractivity contribution in [3.63, 3.8) is 0 Å². The third-order valence-electron chi connectivity index (χ3n) is 3.84. The van der Waals surface area contributed by atoms with E-state index in [0.29, 0.717) is 11.4 Å². The molecule has 20 heavy (non-hydrogen) atoms. The number of aryl methyl sites for hydroxylation is 2. The quantitative estimate of drug-likeness (QED) is 0.869. The number of nitrogens with zero attached hydrogens (tertiary/aromatic N) is 2. The first-order valence-electron chi connectivity index (χ1n) is 7.06. The largest absolute Gasteiger partial charge is 0.481 e. The number of halogens is 1. The molecule has 1 aliphatic carbocycles. The predicted molar refractivity (Wildman–Crippen MR) is 78.1 cm³/mol. The van der Waals surface area contributed by atoms with Gasteiger partial charge in [0.15, 0.2) is 0 Å². The minimum absolute atomic E-state index is 0.159. The lowest BCUT2D eigenvalue weighted by Crippen LogP contribution is -2.38. The van der Waals surface area contributed by atoms with Crippen molar-refractivity contribution in [1.29, 1.82) is 0 Å². The molecule has 0 aliphatic heterocycles. The lowest BCUT2D eigenvalue weighted by molar-refractivity contribution is -0.121. The first-order chi connectivity index (χ1) is 9.54. The molecule has 0 bridgehead atoms. The van der Waals surface area contributed by atoms with Crippen LogP contribution in [0.2, 0.25) is 0 Å². The number of methoxy groups -OCH3 is 1. The van der Waals surface area contributed by atoms with Crippen molar-refractivity contribution in [1.82, 2.24) is 15.1 Å². The van der Waals surface area contributed by atoms with E-state index in [1.165, 1.54) is 19.3 Å². The second-order valence-electron chi connectivity index (χ2n) is 5.34. The molecular weight excluding hydrogens is 278 g/mol. The van der Waals surface area contributed by atoms with Gasteiger partial charge >= 0.3 is 0 Å². The van der Waals surface area contributed by atoms with Crippen LogP contribution in [0, 0.1) is 6.92 Å². The molecule has 2 rings (SSSR count). The van der Waals surface area contributed by atoms with E-state index in [0.717, 1.165) is 18.5 Å². The smallest absolute Gasteiger partial charge is 0.243 e. The molecular formula is C14H22ClN3O2. The molecule has 1 atom stereocenters. The average molecular weight is 300 g/mol. The van der Waals surface area contributed by atoms with E-state index < -0.39 is 5.38 Å². The summed E-state index contributed by atoms with van der Waals surface area (Å²) in [5.41, 5.74) is 1.38. The normalized spacial score (nSPS) is 17.8. The summed E-state index contributed by atoms with van der Waals surface area (Å²) >= 11 is 6.33. The fraction of sp³-hybridized carbons (Fsp3) is 0.714. The molecule has 1 aromatic heterocycles. The summed E-state index contributed by atoms with van der Waals surface area (Å²) < 4.78 is 6.90. The van der Waals surface area contributed by atoms with E-state index in [9.17, 15) is 4.79 Å². The molecule has 1 unspecified atom stereocenters. The first kappa shape index (κ1) is 15.2. The van der Waals surface area contributed by atoms with Gasteiger partial charge in [0, 0.05) is 13.1 Å². The fourth-order valence-electron chi connectivity index (χ4n) is 2.84. The third-order valence-corrected chi connectivity index (χ3v) is 4.26.